The summed E-state index contributed by atoms with van der Waals surface area (Å²) < 4.78 is 12.6. The Bertz CT molecular complexity index is 336. The molecule has 62 valence electrons. The largest absolute Gasteiger partial charge is 0.320 e. The van der Waals surface area contributed by atoms with Crippen LogP contribution in [0.1, 0.15) is 11.1 Å². The summed E-state index contributed by atoms with van der Waals surface area (Å²) in [5.74, 6) is 4.98. The van der Waals surface area contributed by atoms with E-state index in [1.807, 2.05) is 0 Å². The van der Waals surface area contributed by atoms with Crippen molar-refractivity contribution in [2.45, 2.75) is 6.92 Å². The predicted octanol–water partition coefficient (Wildman–Crippen LogP) is 0.839. The Morgan fingerprint density at radius 2 is 2.42 bits per heavy atom. The lowest BCUT2D eigenvalue weighted by Gasteiger charge is -1.94. The van der Waals surface area contributed by atoms with Crippen LogP contribution < -0.4 is 5.73 Å². The van der Waals surface area contributed by atoms with Crippen LogP contribution in [-0.2, 0) is 0 Å². The van der Waals surface area contributed by atoms with Crippen molar-refractivity contribution in [2.75, 3.05) is 6.54 Å². The lowest BCUT2D eigenvalue weighted by atomic mass is 10.2. The molecular formula is C9H9FN2. The number of nitrogens with zero attached hydrogens (tertiary/aromatic N) is 1. The van der Waals surface area contributed by atoms with Crippen molar-refractivity contribution in [3.63, 3.8) is 0 Å². The zero-order valence-corrected chi connectivity index (χ0v) is 6.76. The summed E-state index contributed by atoms with van der Waals surface area (Å²) in [6.07, 6.45) is 1.39. The van der Waals surface area contributed by atoms with E-state index >= 15 is 0 Å². The average molecular weight is 164 g/mol. The van der Waals surface area contributed by atoms with Crippen molar-refractivity contribution in [3.8, 4) is 11.8 Å². The van der Waals surface area contributed by atoms with Crippen LogP contribution in [0, 0.1) is 24.7 Å². The molecule has 12 heavy (non-hydrogen) atoms. The fourth-order valence-electron chi connectivity index (χ4n) is 0.780. The Hall–Kier alpha value is -1.40. The van der Waals surface area contributed by atoms with Gasteiger partial charge in [-0.1, -0.05) is 11.8 Å². The van der Waals surface area contributed by atoms with Crippen LogP contribution in [0.3, 0.4) is 0 Å². The maximum atomic E-state index is 12.6. The molecule has 1 rings (SSSR count). The molecule has 1 aromatic heterocycles. The number of hydrogen-bond acceptors (Lipinski definition) is 2. The summed E-state index contributed by atoms with van der Waals surface area (Å²) >= 11 is 0. The summed E-state index contributed by atoms with van der Waals surface area (Å²) in [5.41, 5.74) is 6.37. The van der Waals surface area contributed by atoms with E-state index in [9.17, 15) is 4.39 Å². The van der Waals surface area contributed by atoms with Gasteiger partial charge in [0.15, 0.2) is 0 Å². The van der Waals surface area contributed by atoms with Crippen LogP contribution in [0.25, 0.3) is 0 Å². The van der Waals surface area contributed by atoms with Gasteiger partial charge in [0, 0.05) is 17.3 Å². The lowest BCUT2D eigenvalue weighted by molar-refractivity contribution is 0.574. The highest BCUT2D eigenvalue weighted by molar-refractivity contribution is 5.34. The summed E-state index contributed by atoms with van der Waals surface area (Å²) in [6.45, 7) is 1.95. The van der Waals surface area contributed by atoms with Gasteiger partial charge in [-0.15, -0.1) is 0 Å². The lowest BCUT2D eigenvalue weighted by Crippen LogP contribution is -1.94. The Labute approximate surface area is 70.6 Å². The zero-order valence-electron chi connectivity index (χ0n) is 6.76. The summed E-state index contributed by atoms with van der Waals surface area (Å²) in [7, 11) is 0. The molecule has 0 saturated heterocycles. The molecule has 0 aromatic carbocycles. The topological polar surface area (TPSA) is 38.9 Å². The van der Waals surface area contributed by atoms with Gasteiger partial charge in [0.1, 0.15) is 0 Å². The van der Waals surface area contributed by atoms with Crippen molar-refractivity contribution < 1.29 is 4.39 Å². The summed E-state index contributed by atoms with van der Waals surface area (Å²) in [4.78, 5) is 3.52. The van der Waals surface area contributed by atoms with Gasteiger partial charge in [-0.05, 0) is 13.0 Å². The smallest absolute Gasteiger partial charge is 0.215 e. The van der Waals surface area contributed by atoms with Crippen molar-refractivity contribution in [1.82, 2.24) is 4.98 Å². The van der Waals surface area contributed by atoms with Crippen LogP contribution >= 0.6 is 0 Å². The molecule has 1 heterocycles. The third-order valence-corrected chi connectivity index (χ3v) is 1.35. The van der Waals surface area contributed by atoms with E-state index < -0.39 is 5.95 Å². The number of nitrogens with two attached hydrogens (primary N) is 1. The van der Waals surface area contributed by atoms with E-state index in [-0.39, 0.29) is 0 Å². The van der Waals surface area contributed by atoms with Crippen molar-refractivity contribution in [1.29, 1.82) is 0 Å². The van der Waals surface area contributed by atoms with Gasteiger partial charge in [-0.2, -0.15) is 4.39 Å². The van der Waals surface area contributed by atoms with Gasteiger partial charge >= 0.3 is 0 Å². The number of aryl methyl sites for hydroxylation is 1. The average Bonchev–Trinajstić information content (AvgIpc) is 2.07. The first kappa shape index (κ1) is 8.69. The third-order valence-electron chi connectivity index (χ3n) is 1.35. The van der Waals surface area contributed by atoms with E-state index in [1.54, 1.807) is 13.0 Å². The molecule has 0 amide bonds. The van der Waals surface area contributed by atoms with Crippen molar-refractivity contribution >= 4 is 0 Å². The summed E-state index contributed by atoms with van der Waals surface area (Å²) in [6, 6.07) is 1.64. The van der Waals surface area contributed by atoms with E-state index in [2.05, 4.69) is 16.8 Å². The Morgan fingerprint density at radius 3 is 3.00 bits per heavy atom. The number of rotatable bonds is 0. The van der Waals surface area contributed by atoms with Crippen LogP contribution in [0.2, 0.25) is 0 Å². The molecule has 1 aromatic rings. The molecule has 0 aliphatic rings. The molecule has 3 heteroatoms. The van der Waals surface area contributed by atoms with Gasteiger partial charge < -0.3 is 5.73 Å². The molecule has 0 fully saturated rings. The minimum Gasteiger partial charge on any atom is -0.320 e. The maximum absolute atomic E-state index is 12.6. The third kappa shape index (κ3) is 2.04. The van der Waals surface area contributed by atoms with Gasteiger partial charge in [0.25, 0.3) is 0 Å². The molecule has 0 spiro atoms. The van der Waals surface area contributed by atoms with Gasteiger partial charge in [0.05, 0.1) is 6.54 Å². The highest BCUT2D eigenvalue weighted by Gasteiger charge is 1.96. The minimum atomic E-state index is -0.451. The van der Waals surface area contributed by atoms with Gasteiger partial charge in [-0.3, -0.25) is 0 Å². The molecule has 2 N–H and O–H groups in total. The second-order valence-corrected chi connectivity index (χ2v) is 2.34. The van der Waals surface area contributed by atoms with E-state index in [1.165, 1.54) is 6.20 Å². The minimum absolute atomic E-state index is 0.302. The van der Waals surface area contributed by atoms with E-state index in [4.69, 9.17) is 5.73 Å². The predicted molar refractivity (Wildman–Crippen MR) is 44.9 cm³/mol. The molecule has 0 radical (unpaired) electrons. The van der Waals surface area contributed by atoms with Gasteiger partial charge in [0.2, 0.25) is 5.95 Å². The molecule has 0 unspecified atom stereocenters. The Balaban J connectivity index is 2.97. The van der Waals surface area contributed by atoms with E-state index in [0.717, 1.165) is 0 Å². The highest BCUT2D eigenvalue weighted by atomic mass is 19.1. The second kappa shape index (κ2) is 3.84. The van der Waals surface area contributed by atoms with Crippen LogP contribution in [0.4, 0.5) is 4.39 Å². The maximum Gasteiger partial charge on any atom is 0.215 e. The van der Waals surface area contributed by atoms with Crippen LogP contribution in [-0.4, -0.2) is 11.5 Å². The van der Waals surface area contributed by atoms with Gasteiger partial charge in [-0.25, -0.2) is 4.98 Å². The first-order chi connectivity index (χ1) is 5.74. The quantitative estimate of drug-likeness (QED) is 0.456. The normalized spacial score (nSPS) is 8.92. The second-order valence-electron chi connectivity index (χ2n) is 2.34. The first-order valence-electron chi connectivity index (χ1n) is 3.55. The van der Waals surface area contributed by atoms with E-state index in [0.29, 0.717) is 17.7 Å². The SMILES string of the molecule is Cc1cc(C#CCN)cnc1F. The molecule has 0 aliphatic carbocycles. The fourth-order valence-corrected chi connectivity index (χ4v) is 0.780. The fraction of sp³-hybridized carbons (Fsp3) is 0.222. The molecular weight excluding hydrogens is 155 g/mol. The van der Waals surface area contributed by atoms with Crippen LogP contribution in [0.15, 0.2) is 12.3 Å². The van der Waals surface area contributed by atoms with Crippen molar-refractivity contribution in [3.05, 3.63) is 29.3 Å². The molecule has 0 atom stereocenters. The zero-order chi connectivity index (χ0) is 8.97. The number of aromatic nitrogens is 1. The Kier molecular flexibility index (Phi) is 2.78. The highest BCUT2D eigenvalue weighted by Crippen LogP contribution is 2.04. The van der Waals surface area contributed by atoms with Crippen LogP contribution in [0.5, 0.6) is 0 Å². The summed E-state index contributed by atoms with van der Waals surface area (Å²) in [5, 5.41) is 0. The molecule has 2 nitrogen and oxygen atoms in total. The molecule has 0 aliphatic heterocycles. The molecule has 0 saturated carbocycles. The van der Waals surface area contributed by atoms with Crippen molar-refractivity contribution in [2.24, 2.45) is 5.73 Å². The number of halogens is 1. The standard InChI is InChI=1S/C9H9FN2/c1-7-5-8(3-2-4-11)6-12-9(7)10/h5-6H,4,11H2,1H3. The Morgan fingerprint density at radius 1 is 1.67 bits per heavy atom. The first-order valence-corrected chi connectivity index (χ1v) is 3.55. The molecule has 0 bridgehead atoms. The monoisotopic (exact) mass is 164 g/mol. The number of pyridine rings is 1. The number of hydrogen-bond donors (Lipinski definition) is 1.